The van der Waals surface area contributed by atoms with Crippen molar-refractivity contribution < 1.29 is 14.3 Å². The summed E-state index contributed by atoms with van der Waals surface area (Å²) in [7, 11) is 0. The van der Waals surface area contributed by atoms with E-state index >= 15 is 0 Å². The first-order valence-corrected chi connectivity index (χ1v) is 7.92. The Bertz CT molecular complexity index is 609. The van der Waals surface area contributed by atoms with E-state index in [1.165, 1.54) is 0 Å². The zero-order chi connectivity index (χ0) is 16.0. The Labute approximate surface area is 131 Å². The highest BCUT2D eigenvalue weighted by atomic mass is 16.6. The molecule has 4 nitrogen and oxygen atoms in total. The molecule has 0 aromatic heterocycles. The van der Waals surface area contributed by atoms with Gasteiger partial charge < -0.3 is 10.1 Å². The second-order valence-electron chi connectivity index (χ2n) is 7.29. The molecule has 1 aromatic carbocycles. The molecule has 4 heteroatoms. The third-order valence-electron chi connectivity index (χ3n) is 4.66. The molecule has 1 spiro atoms. The van der Waals surface area contributed by atoms with E-state index in [1.807, 2.05) is 45.0 Å². The highest BCUT2D eigenvalue weighted by Crippen LogP contribution is 2.53. The molecule has 0 saturated carbocycles. The summed E-state index contributed by atoms with van der Waals surface area (Å²) < 4.78 is 5.64. The summed E-state index contributed by atoms with van der Waals surface area (Å²) >= 11 is 0. The van der Waals surface area contributed by atoms with Crippen LogP contribution in [-0.4, -0.2) is 30.4 Å². The predicted molar refractivity (Wildman–Crippen MR) is 83.9 cm³/mol. The van der Waals surface area contributed by atoms with E-state index in [0.717, 1.165) is 18.7 Å². The Morgan fingerprint density at radius 3 is 2.50 bits per heavy atom. The SMILES string of the molecule is CC(C)(C)OC(=O)C1c2ccccc2C(=O)C12CCNCC2. The molecular formula is C18H23NO3. The van der Waals surface area contributed by atoms with Crippen LogP contribution in [0.3, 0.4) is 0 Å². The van der Waals surface area contributed by atoms with Gasteiger partial charge in [0, 0.05) is 5.56 Å². The number of hydrogen-bond acceptors (Lipinski definition) is 4. The van der Waals surface area contributed by atoms with Crippen LogP contribution in [0.15, 0.2) is 24.3 Å². The van der Waals surface area contributed by atoms with Gasteiger partial charge >= 0.3 is 5.97 Å². The molecule has 2 aliphatic rings. The topological polar surface area (TPSA) is 55.4 Å². The smallest absolute Gasteiger partial charge is 0.315 e. The van der Waals surface area contributed by atoms with Crippen molar-refractivity contribution in [3.05, 3.63) is 35.4 Å². The molecule has 0 bridgehead atoms. The molecule has 1 aromatic rings. The maximum atomic E-state index is 13.0. The van der Waals surface area contributed by atoms with Gasteiger partial charge in [0.05, 0.1) is 11.3 Å². The highest BCUT2D eigenvalue weighted by molar-refractivity contribution is 6.10. The van der Waals surface area contributed by atoms with Crippen LogP contribution in [0.2, 0.25) is 0 Å². The van der Waals surface area contributed by atoms with Gasteiger partial charge in [-0.05, 0) is 52.3 Å². The third kappa shape index (κ3) is 2.35. The number of esters is 1. The lowest BCUT2D eigenvalue weighted by molar-refractivity contribution is -0.159. The van der Waals surface area contributed by atoms with Crippen molar-refractivity contribution >= 4 is 11.8 Å². The Morgan fingerprint density at radius 1 is 1.23 bits per heavy atom. The molecule has 1 heterocycles. The quantitative estimate of drug-likeness (QED) is 0.810. The third-order valence-corrected chi connectivity index (χ3v) is 4.66. The number of ketones is 1. The van der Waals surface area contributed by atoms with Gasteiger partial charge in [-0.1, -0.05) is 24.3 Å². The second kappa shape index (κ2) is 5.20. The minimum absolute atomic E-state index is 0.112. The molecule has 0 radical (unpaired) electrons. The summed E-state index contributed by atoms with van der Waals surface area (Å²) in [5.74, 6) is -0.634. The molecule has 1 N–H and O–H groups in total. The lowest BCUT2D eigenvalue weighted by Crippen LogP contribution is -2.46. The number of hydrogen-bond donors (Lipinski definition) is 1. The van der Waals surface area contributed by atoms with Gasteiger partial charge in [-0.25, -0.2) is 0 Å². The zero-order valence-electron chi connectivity index (χ0n) is 13.4. The maximum Gasteiger partial charge on any atom is 0.315 e. The molecule has 1 saturated heterocycles. The summed E-state index contributed by atoms with van der Waals surface area (Å²) in [6, 6.07) is 7.50. The van der Waals surface area contributed by atoms with Crippen molar-refractivity contribution in [2.75, 3.05) is 13.1 Å². The van der Waals surface area contributed by atoms with E-state index in [0.29, 0.717) is 18.4 Å². The summed E-state index contributed by atoms with van der Waals surface area (Å²) in [5, 5.41) is 3.29. The van der Waals surface area contributed by atoms with Crippen LogP contribution >= 0.6 is 0 Å². The predicted octanol–water partition coefficient (Wildman–Crippen LogP) is 2.68. The lowest BCUT2D eigenvalue weighted by Gasteiger charge is -2.37. The van der Waals surface area contributed by atoms with Gasteiger partial charge in [-0.15, -0.1) is 0 Å². The molecule has 3 rings (SSSR count). The molecule has 118 valence electrons. The highest BCUT2D eigenvalue weighted by Gasteiger charge is 2.57. The van der Waals surface area contributed by atoms with Crippen molar-refractivity contribution in [2.45, 2.75) is 45.1 Å². The number of carbonyl (C=O) groups is 2. The van der Waals surface area contributed by atoms with Crippen LogP contribution in [0, 0.1) is 5.41 Å². The van der Waals surface area contributed by atoms with Crippen molar-refractivity contribution in [2.24, 2.45) is 5.41 Å². The molecular weight excluding hydrogens is 278 g/mol. The largest absolute Gasteiger partial charge is 0.459 e. The van der Waals surface area contributed by atoms with Crippen molar-refractivity contribution in [1.82, 2.24) is 5.32 Å². The van der Waals surface area contributed by atoms with Gasteiger partial charge in [0.25, 0.3) is 0 Å². The standard InChI is InChI=1S/C18H23NO3/c1-17(2,3)22-16(21)14-12-6-4-5-7-13(12)15(20)18(14)8-10-19-11-9-18/h4-7,14,19H,8-11H2,1-3H3. The number of carbonyl (C=O) groups excluding carboxylic acids is 2. The summed E-state index contributed by atoms with van der Waals surface area (Å²) in [4.78, 5) is 25.9. The zero-order valence-corrected chi connectivity index (χ0v) is 13.4. The number of Topliss-reactive ketones (excluding diaryl/α,β-unsaturated/α-hetero) is 1. The number of rotatable bonds is 1. The molecule has 1 atom stereocenters. The van der Waals surface area contributed by atoms with Crippen molar-refractivity contribution in [3.63, 3.8) is 0 Å². The molecule has 1 unspecified atom stereocenters. The summed E-state index contributed by atoms with van der Waals surface area (Å²) in [6.07, 6.45) is 1.37. The molecule has 1 fully saturated rings. The maximum absolute atomic E-state index is 13.0. The van der Waals surface area contributed by atoms with Crippen LogP contribution < -0.4 is 5.32 Å². The van der Waals surface area contributed by atoms with Crippen LogP contribution in [0.25, 0.3) is 0 Å². The van der Waals surface area contributed by atoms with E-state index in [4.69, 9.17) is 4.74 Å². The minimum Gasteiger partial charge on any atom is -0.459 e. The van der Waals surface area contributed by atoms with Crippen LogP contribution in [0.4, 0.5) is 0 Å². The van der Waals surface area contributed by atoms with Gasteiger partial charge in [0.2, 0.25) is 0 Å². The fourth-order valence-electron chi connectivity index (χ4n) is 3.75. The van der Waals surface area contributed by atoms with Gasteiger partial charge in [-0.2, -0.15) is 0 Å². The van der Waals surface area contributed by atoms with E-state index in [1.54, 1.807) is 0 Å². The Balaban J connectivity index is 2.06. The van der Waals surface area contributed by atoms with Crippen molar-refractivity contribution in [1.29, 1.82) is 0 Å². The molecule has 1 aliphatic carbocycles. The van der Waals surface area contributed by atoms with E-state index < -0.39 is 16.9 Å². The van der Waals surface area contributed by atoms with Crippen LogP contribution in [0.1, 0.15) is 55.5 Å². The number of fused-ring (bicyclic) bond motifs is 1. The average Bonchev–Trinajstić information content (AvgIpc) is 2.68. The number of nitrogens with one attached hydrogen (secondary N) is 1. The molecule has 22 heavy (non-hydrogen) atoms. The fourth-order valence-corrected chi connectivity index (χ4v) is 3.75. The number of piperidine rings is 1. The van der Waals surface area contributed by atoms with E-state index in [-0.39, 0.29) is 11.8 Å². The fraction of sp³-hybridized carbons (Fsp3) is 0.556. The first-order valence-electron chi connectivity index (χ1n) is 7.92. The summed E-state index contributed by atoms with van der Waals surface area (Å²) in [6.45, 7) is 7.12. The molecule has 0 amide bonds. The first kappa shape index (κ1) is 15.2. The van der Waals surface area contributed by atoms with E-state index in [2.05, 4.69) is 5.32 Å². The monoisotopic (exact) mass is 301 g/mol. The average molecular weight is 301 g/mol. The van der Waals surface area contributed by atoms with Gasteiger partial charge in [-0.3, -0.25) is 9.59 Å². The van der Waals surface area contributed by atoms with Crippen LogP contribution in [0.5, 0.6) is 0 Å². The summed E-state index contributed by atoms with van der Waals surface area (Å²) in [5.41, 5.74) is 0.354. The Hall–Kier alpha value is -1.68. The second-order valence-corrected chi connectivity index (χ2v) is 7.29. The number of benzene rings is 1. The Kier molecular flexibility index (Phi) is 3.60. The van der Waals surface area contributed by atoms with E-state index in [9.17, 15) is 9.59 Å². The van der Waals surface area contributed by atoms with Gasteiger partial charge in [0.1, 0.15) is 5.60 Å². The lowest BCUT2D eigenvalue weighted by atomic mass is 9.69. The van der Waals surface area contributed by atoms with Crippen LogP contribution in [-0.2, 0) is 9.53 Å². The van der Waals surface area contributed by atoms with Gasteiger partial charge in [0.15, 0.2) is 5.78 Å². The normalized spacial score (nSPS) is 23.4. The minimum atomic E-state index is -0.628. The number of ether oxygens (including phenoxy) is 1. The molecule has 1 aliphatic heterocycles. The van der Waals surface area contributed by atoms with Crippen molar-refractivity contribution in [3.8, 4) is 0 Å². The Morgan fingerprint density at radius 2 is 1.86 bits per heavy atom. The first-order chi connectivity index (χ1) is 10.4.